The molecule has 2 aromatic carbocycles. The van der Waals surface area contributed by atoms with Crippen molar-refractivity contribution >= 4 is 11.9 Å². The van der Waals surface area contributed by atoms with Gasteiger partial charge in [-0.05, 0) is 31.0 Å². The highest BCUT2D eigenvalue weighted by atomic mass is 16.5. The van der Waals surface area contributed by atoms with Crippen molar-refractivity contribution in [2.45, 2.75) is 25.4 Å². The maximum absolute atomic E-state index is 13.0. The molecule has 1 saturated heterocycles. The summed E-state index contributed by atoms with van der Waals surface area (Å²) >= 11 is 0. The van der Waals surface area contributed by atoms with Crippen LogP contribution in [-0.4, -0.2) is 54.0 Å². The van der Waals surface area contributed by atoms with Crippen LogP contribution in [0.5, 0.6) is 0 Å². The maximum Gasteiger partial charge on any atom is 0.333 e. The van der Waals surface area contributed by atoms with Gasteiger partial charge in [-0.3, -0.25) is 9.69 Å². The van der Waals surface area contributed by atoms with Crippen LogP contribution in [0.2, 0.25) is 0 Å². The van der Waals surface area contributed by atoms with Crippen molar-refractivity contribution in [3.8, 4) is 0 Å². The first-order valence-corrected chi connectivity index (χ1v) is 9.33. The molecule has 0 spiro atoms. The molecule has 0 bridgehead atoms. The first-order chi connectivity index (χ1) is 13.1. The van der Waals surface area contributed by atoms with E-state index in [9.17, 15) is 9.59 Å². The Morgan fingerprint density at radius 3 is 2.33 bits per heavy atom. The molecule has 1 amide bonds. The van der Waals surface area contributed by atoms with Gasteiger partial charge in [-0.15, -0.1) is 0 Å². The standard InChI is InChI=1S/C22H26N2O3/c1-3-27-21(26)22(23(2)20(25)19-12-8-5-9-13-19)14-15-24(17-22)16-18-10-6-4-7-11-18/h4-13H,3,14-17H2,1-2H3. The van der Waals surface area contributed by atoms with Crippen LogP contribution in [0.3, 0.4) is 0 Å². The van der Waals surface area contributed by atoms with E-state index in [0.29, 0.717) is 25.1 Å². The summed E-state index contributed by atoms with van der Waals surface area (Å²) in [6, 6.07) is 19.2. The number of carbonyl (C=O) groups is 2. The van der Waals surface area contributed by atoms with Crippen molar-refractivity contribution < 1.29 is 14.3 Å². The van der Waals surface area contributed by atoms with Gasteiger partial charge in [0.2, 0.25) is 0 Å². The molecule has 5 nitrogen and oxygen atoms in total. The molecule has 1 aliphatic heterocycles. The van der Waals surface area contributed by atoms with Crippen LogP contribution in [-0.2, 0) is 16.1 Å². The second kappa shape index (κ2) is 8.35. The number of carbonyl (C=O) groups excluding carboxylic acids is 2. The minimum atomic E-state index is -0.961. The Morgan fingerprint density at radius 1 is 1.07 bits per heavy atom. The van der Waals surface area contributed by atoms with Crippen molar-refractivity contribution in [1.82, 2.24) is 9.80 Å². The summed E-state index contributed by atoms with van der Waals surface area (Å²) in [4.78, 5) is 29.7. The average Bonchev–Trinajstić information content (AvgIpc) is 3.13. The van der Waals surface area contributed by atoms with Gasteiger partial charge in [0.25, 0.3) is 5.91 Å². The molecule has 1 unspecified atom stereocenters. The lowest BCUT2D eigenvalue weighted by Gasteiger charge is -2.36. The van der Waals surface area contributed by atoms with Gasteiger partial charge in [0.05, 0.1) is 6.61 Å². The number of likely N-dealkylation sites (tertiary alicyclic amines) is 1. The molecule has 0 aliphatic carbocycles. The highest BCUT2D eigenvalue weighted by Gasteiger charge is 2.51. The Kier molecular flexibility index (Phi) is 5.91. The van der Waals surface area contributed by atoms with E-state index in [0.717, 1.165) is 13.1 Å². The molecule has 0 radical (unpaired) electrons. The van der Waals surface area contributed by atoms with Crippen molar-refractivity contribution in [2.75, 3.05) is 26.7 Å². The van der Waals surface area contributed by atoms with Crippen LogP contribution in [0.15, 0.2) is 60.7 Å². The van der Waals surface area contributed by atoms with Crippen LogP contribution >= 0.6 is 0 Å². The van der Waals surface area contributed by atoms with E-state index in [1.165, 1.54) is 5.56 Å². The molecule has 0 N–H and O–H groups in total. The fourth-order valence-corrected chi connectivity index (χ4v) is 3.66. The van der Waals surface area contributed by atoms with Crippen LogP contribution in [0, 0.1) is 0 Å². The van der Waals surface area contributed by atoms with Gasteiger partial charge in [-0.25, -0.2) is 4.79 Å². The lowest BCUT2D eigenvalue weighted by atomic mass is 9.95. The SMILES string of the molecule is CCOC(=O)C1(N(C)C(=O)c2ccccc2)CCN(Cc2ccccc2)C1. The van der Waals surface area contributed by atoms with E-state index in [1.54, 1.807) is 31.0 Å². The zero-order valence-corrected chi connectivity index (χ0v) is 15.9. The van der Waals surface area contributed by atoms with E-state index >= 15 is 0 Å². The second-order valence-electron chi connectivity index (χ2n) is 6.93. The summed E-state index contributed by atoms with van der Waals surface area (Å²) in [5.74, 6) is -0.488. The third-order valence-electron chi connectivity index (χ3n) is 5.20. The van der Waals surface area contributed by atoms with Crippen LogP contribution in [0.1, 0.15) is 29.3 Å². The number of nitrogens with zero attached hydrogens (tertiary/aromatic N) is 2. The zero-order valence-electron chi connectivity index (χ0n) is 15.9. The number of benzene rings is 2. The third-order valence-corrected chi connectivity index (χ3v) is 5.20. The normalized spacial score (nSPS) is 19.6. The number of likely N-dealkylation sites (N-methyl/N-ethyl adjacent to an activating group) is 1. The number of hydrogen-bond donors (Lipinski definition) is 0. The number of ether oxygens (including phenoxy) is 1. The topological polar surface area (TPSA) is 49.9 Å². The van der Waals surface area contributed by atoms with E-state index < -0.39 is 5.54 Å². The highest BCUT2D eigenvalue weighted by molar-refractivity contribution is 5.98. The van der Waals surface area contributed by atoms with E-state index in [4.69, 9.17) is 4.74 Å². The number of amides is 1. The number of esters is 1. The molecular weight excluding hydrogens is 340 g/mol. The molecule has 142 valence electrons. The predicted molar refractivity (Wildman–Crippen MR) is 104 cm³/mol. The minimum Gasteiger partial charge on any atom is -0.464 e. The van der Waals surface area contributed by atoms with E-state index in [-0.39, 0.29) is 11.9 Å². The van der Waals surface area contributed by atoms with Crippen molar-refractivity contribution in [1.29, 1.82) is 0 Å². The largest absolute Gasteiger partial charge is 0.464 e. The van der Waals surface area contributed by atoms with Gasteiger partial charge >= 0.3 is 5.97 Å². The molecule has 1 aliphatic rings. The van der Waals surface area contributed by atoms with Gasteiger partial charge in [0, 0.05) is 32.2 Å². The molecule has 1 fully saturated rings. The first-order valence-electron chi connectivity index (χ1n) is 9.33. The number of hydrogen-bond acceptors (Lipinski definition) is 4. The first kappa shape index (κ1) is 19.1. The quantitative estimate of drug-likeness (QED) is 0.738. The van der Waals surface area contributed by atoms with E-state index in [2.05, 4.69) is 17.0 Å². The second-order valence-corrected chi connectivity index (χ2v) is 6.93. The monoisotopic (exact) mass is 366 g/mol. The van der Waals surface area contributed by atoms with Gasteiger partial charge in [-0.1, -0.05) is 48.5 Å². The summed E-state index contributed by atoms with van der Waals surface area (Å²) in [5.41, 5.74) is 0.803. The molecule has 1 atom stereocenters. The van der Waals surface area contributed by atoms with Gasteiger partial charge < -0.3 is 9.64 Å². The maximum atomic E-state index is 13.0. The zero-order chi connectivity index (χ0) is 19.3. The van der Waals surface area contributed by atoms with Gasteiger partial charge in [0.1, 0.15) is 0 Å². The lowest BCUT2D eigenvalue weighted by Crippen LogP contribution is -2.57. The Bertz CT molecular complexity index is 779. The smallest absolute Gasteiger partial charge is 0.333 e. The lowest BCUT2D eigenvalue weighted by molar-refractivity contribution is -0.155. The summed E-state index contributed by atoms with van der Waals surface area (Å²) < 4.78 is 5.38. The van der Waals surface area contributed by atoms with Crippen LogP contribution in [0.25, 0.3) is 0 Å². The molecule has 2 aromatic rings. The van der Waals surface area contributed by atoms with Crippen LogP contribution < -0.4 is 0 Å². The van der Waals surface area contributed by atoms with Crippen molar-refractivity contribution in [3.63, 3.8) is 0 Å². The summed E-state index contributed by atoms with van der Waals surface area (Å²) in [6.45, 7) is 4.04. The summed E-state index contributed by atoms with van der Waals surface area (Å²) in [6.07, 6.45) is 0.563. The van der Waals surface area contributed by atoms with Crippen LogP contribution in [0.4, 0.5) is 0 Å². The molecule has 1 heterocycles. The fraction of sp³-hybridized carbons (Fsp3) is 0.364. The Hall–Kier alpha value is -2.66. The molecule has 5 heteroatoms. The Morgan fingerprint density at radius 2 is 1.70 bits per heavy atom. The summed E-state index contributed by atoms with van der Waals surface area (Å²) in [5, 5.41) is 0. The average molecular weight is 366 g/mol. The van der Waals surface area contributed by atoms with Crippen molar-refractivity contribution in [2.24, 2.45) is 0 Å². The van der Waals surface area contributed by atoms with Gasteiger partial charge in [0.15, 0.2) is 5.54 Å². The van der Waals surface area contributed by atoms with E-state index in [1.807, 2.05) is 36.4 Å². The fourth-order valence-electron chi connectivity index (χ4n) is 3.66. The highest BCUT2D eigenvalue weighted by Crippen LogP contribution is 2.31. The Labute approximate surface area is 160 Å². The molecule has 0 aromatic heterocycles. The molecular formula is C22H26N2O3. The molecule has 27 heavy (non-hydrogen) atoms. The van der Waals surface area contributed by atoms with Gasteiger partial charge in [-0.2, -0.15) is 0 Å². The summed E-state index contributed by atoms with van der Waals surface area (Å²) in [7, 11) is 1.71. The molecule has 3 rings (SSSR count). The van der Waals surface area contributed by atoms with Crippen molar-refractivity contribution in [3.05, 3.63) is 71.8 Å². The predicted octanol–water partition coefficient (Wildman–Crippen LogP) is 2.97. The minimum absolute atomic E-state index is 0.162. The molecule has 0 saturated carbocycles. The Balaban J connectivity index is 1.83. The third kappa shape index (κ3) is 4.03. The number of rotatable bonds is 6.